The Hall–Kier alpha value is -1.63. The summed E-state index contributed by atoms with van der Waals surface area (Å²) in [5, 5.41) is 0. The molecule has 0 amide bonds. The average Bonchev–Trinajstić information content (AvgIpc) is 2.45. The maximum absolute atomic E-state index is 13.0. The quantitative estimate of drug-likeness (QED) is 0.602. The van der Waals surface area contributed by atoms with E-state index in [0.29, 0.717) is 5.92 Å². The molecule has 1 heteroatoms. The second-order valence-corrected chi connectivity index (χ2v) is 7.27. The Labute approximate surface area is 141 Å². The highest BCUT2D eigenvalue weighted by molar-refractivity contribution is 5.23. The third-order valence-corrected chi connectivity index (χ3v) is 3.64. The molecular weight excluding hydrogens is 283 g/mol. The Morgan fingerprint density at radius 2 is 1.22 bits per heavy atom. The van der Waals surface area contributed by atoms with E-state index in [1.54, 1.807) is 13.0 Å². The highest BCUT2D eigenvalue weighted by Crippen LogP contribution is 2.12. The second kappa shape index (κ2) is 9.50. The summed E-state index contributed by atoms with van der Waals surface area (Å²) in [6.07, 6.45) is 2.15. The van der Waals surface area contributed by atoms with Gasteiger partial charge in [-0.05, 0) is 61.3 Å². The largest absolute Gasteiger partial charge is 0.207 e. The average molecular weight is 314 g/mol. The molecule has 0 aliphatic heterocycles. The van der Waals surface area contributed by atoms with Gasteiger partial charge in [0, 0.05) is 0 Å². The predicted octanol–water partition coefficient (Wildman–Crippen LogP) is 6.53. The minimum atomic E-state index is -0.0897. The number of aryl methyl sites for hydroxylation is 2. The third kappa shape index (κ3) is 7.97. The summed E-state index contributed by atoms with van der Waals surface area (Å²) in [6, 6.07) is 14.3. The molecule has 0 saturated carbocycles. The summed E-state index contributed by atoms with van der Waals surface area (Å²) >= 11 is 0. The summed E-state index contributed by atoms with van der Waals surface area (Å²) in [7, 11) is 0. The minimum absolute atomic E-state index is 0.0897. The molecule has 23 heavy (non-hydrogen) atoms. The van der Waals surface area contributed by atoms with Crippen molar-refractivity contribution in [1.82, 2.24) is 0 Å². The van der Waals surface area contributed by atoms with Gasteiger partial charge in [-0.15, -0.1) is 0 Å². The number of rotatable bonds is 4. The van der Waals surface area contributed by atoms with E-state index < -0.39 is 0 Å². The van der Waals surface area contributed by atoms with Crippen molar-refractivity contribution in [3.8, 4) is 0 Å². The molecule has 0 saturated heterocycles. The maximum atomic E-state index is 13.0. The van der Waals surface area contributed by atoms with Gasteiger partial charge in [-0.3, -0.25) is 0 Å². The number of hydrogen-bond acceptors (Lipinski definition) is 0. The summed E-state index contributed by atoms with van der Waals surface area (Å²) in [5.41, 5.74) is 4.61. The fourth-order valence-corrected chi connectivity index (χ4v) is 2.43. The first kappa shape index (κ1) is 19.4. The van der Waals surface area contributed by atoms with Gasteiger partial charge >= 0.3 is 0 Å². The van der Waals surface area contributed by atoms with E-state index >= 15 is 0 Å². The third-order valence-electron chi connectivity index (χ3n) is 3.64. The van der Waals surface area contributed by atoms with E-state index in [4.69, 9.17) is 0 Å². The van der Waals surface area contributed by atoms with Crippen LogP contribution in [-0.4, -0.2) is 0 Å². The normalized spacial score (nSPS) is 10.7. The fourth-order valence-electron chi connectivity index (χ4n) is 2.43. The van der Waals surface area contributed by atoms with Gasteiger partial charge in [0.25, 0.3) is 0 Å². The highest BCUT2D eigenvalue weighted by Gasteiger charge is 2.01. The van der Waals surface area contributed by atoms with E-state index in [-0.39, 0.29) is 5.82 Å². The summed E-state index contributed by atoms with van der Waals surface area (Å²) in [5.74, 6) is 1.26. The Balaban J connectivity index is 0.000000231. The van der Waals surface area contributed by atoms with Gasteiger partial charge in [-0.25, -0.2) is 4.39 Å². The van der Waals surface area contributed by atoms with Crippen LogP contribution >= 0.6 is 0 Å². The lowest BCUT2D eigenvalue weighted by Gasteiger charge is -2.05. The van der Waals surface area contributed by atoms with Crippen LogP contribution in [0.2, 0.25) is 0 Å². The molecule has 0 heterocycles. The maximum Gasteiger partial charge on any atom is 0.126 e. The molecule has 0 aliphatic carbocycles. The Morgan fingerprint density at radius 1 is 0.739 bits per heavy atom. The van der Waals surface area contributed by atoms with Crippen molar-refractivity contribution in [2.24, 2.45) is 11.8 Å². The monoisotopic (exact) mass is 314 g/mol. The van der Waals surface area contributed by atoms with Crippen LogP contribution in [0.3, 0.4) is 0 Å². The van der Waals surface area contributed by atoms with Gasteiger partial charge in [0.2, 0.25) is 0 Å². The van der Waals surface area contributed by atoms with Crippen LogP contribution in [0.1, 0.15) is 49.9 Å². The van der Waals surface area contributed by atoms with Crippen LogP contribution in [0.25, 0.3) is 0 Å². The van der Waals surface area contributed by atoms with Gasteiger partial charge in [0.05, 0.1) is 0 Å². The van der Waals surface area contributed by atoms with Crippen molar-refractivity contribution in [3.63, 3.8) is 0 Å². The van der Waals surface area contributed by atoms with Crippen molar-refractivity contribution in [1.29, 1.82) is 0 Å². The number of benzene rings is 2. The predicted molar refractivity (Wildman–Crippen MR) is 99.4 cm³/mol. The number of hydrogen-bond donors (Lipinski definition) is 0. The molecular formula is C22H31F. The summed E-state index contributed by atoms with van der Waals surface area (Å²) in [4.78, 5) is 0. The zero-order valence-electron chi connectivity index (χ0n) is 15.5. The van der Waals surface area contributed by atoms with E-state index in [9.17, 15) is 4.39 Å². The first-order valence-corrected chi connectivity index (χ1v) is 8.58. The Kier molecular flexibility index (Phi) is 8.02. The molecule has 0 bridgehead atoms. The molecule has 0 atom stereocenters. The first-order valence-electron chi connectivity index (χ1n) is 8.58. The molecule has 0 spiro atoms. The molecule has 0 N–H and O–H groups in total. The zero-order valence-corrected chi connectivity index (χ0v) is 15.5. The van der Waals surface area contributed by atoms with Crippen molar-refractivity contribution in [2.75, 3.05) is 0 Å². The molecule has 126 valence electrons. The van der Waals surface area contributed by atoms with Crippen molar-refractivity contribution in [2.45, 2.75) is 54.4 Å². The molecule has 2 rings (SSSR count). The summed E-state index contributed by atoms with van der Waals surface area (Å²) in [6.45, 7) is 12.7. The summed E-state index contributed by atoms with van der Waals surface area (Å²) < 4.78 is 13.0. The van der Waals surface area contributed by atoms with Gasteiger partial charge in [-0.1, -0.05) is 69.7 Å². The molecule has 0 nitrogen and oxygen atoms in total. The molecule has 0 unspecified atom stereocenters. The Morgan fingerprint density at radius 3 is 1.70 bits per heavy atom. The minimum Gasteiger partial charge on any atom is -0.207 e. The second-order valence-electron chi connectivity index (χ2n) is 7.27. The molecule has 2 aromatic carbocycles. The van der Waals surface area contributed by atoms with E-state index in [0.717, 1.165) is 23.5 Å². The van der Waals surface area contributed by atoms with Crippen LogP contribution in [0, 0.1) is 31.5 Å². The molecule has 0 aliphatic rings. The van der Waals surface area contributed by atoms with Crippen molar-refractivity contribution >= 4 is 0 Å². The molecule has 0 radical (unpaired) electrons. The molecule has 0 aromatic heterocycles. The van der Waals surface area contributed by atoms with Crippen LogP contribution in [-0.2, 0) is 12.8 Å². The van der Waals surface area contributed by atoms with Crippen LogP contribution < -0.4 is 0 Å². The van der Waals surface area contributed by atoms with Crippen molar-refractivity contribution in [3.05, 3.63) is 70.5 Å². The lowest BCUT2D eigenvalue weighted by molar-refractivity contribution is 0.605. The van der Waals surface area contributed by atoms with E-state index in [2.05, 4.69) is 58.9 Å². The molecule has 2 aromatic rings. The number of halogens is 1. The van der Waals surface area contributed by atoms with Gasteiger partial charge in [0.1, 0.15) is 5.82 Å². The van der Waals surface area contributed by atoms with E-state index in [1.165, 1.54) is 17.5 Å². The zero-order chi connectivity index (χ0) is 17.4. The van der Waals surface area contributed by atoms with Crippen LogP contribution in [0.5, 0.6) is 0 Å². The first-order chi connectivity index (χ1) is 10.8. The fraction of sp³-hybridized carbons (Fsp3) is 0.455. The van der Waals surface area contributed by atoms with Gasteiger partial charge in [0.15, 0.2) is 0 Å². The smallest absolute Gasteiger partial charge is 0.126 e. The van der Waals surface area contributed by atoms with Crippen molar-refractivity contribution < 1.29 is 4.39 Å². The van der Waals surface area contributed by atoms with Gasteiger partial charge < -0.3 is 0 Å². The SMILES string of the molecule is Cc1ccc(CC(C)C)cc1.Cc1ccc(CC(C)C)cc1F. The van der Waals surface area contributed by atoms with E-state index in [1.807, 2.05) is 12.1 Å². The highest BCUT2D eigenvalue weighted by atomic mass is 19.1. The standard InChI is InChI=1S/C11H15F.C11H16/c1-8(2)6-10-5-4-9(3)11(12)7-10;1-9(2)8-11-6-4-10(3)5-7-11/h4-5,7-8H,6H2,1-3H3;4-7,9H,8H2,1-3H3. The molecule has 0 fully saturated rings. The topological polar surface area (TPSA) is 0 Å². The van der Waals surface area contributed by atoms with Crippen LogP contribution in [0.4, 0.5) is 4.39 Å². The lowest BCUT2D eigenvalue weighted by Crippen LogP contribution is -1.95. The Bertz CT molecular complexity index is 579. The van der Waals surface area contributed by atoms with Crippen LogP contribution in [0.15, 0.2) is 42.5 Å². The lowest BCUT2D eigenvalue weighted by atomic mass is 10.0. The van der Waals surface area contributed by atoms with Gasteiger partial charge in [-0.2, -0.15) is 0 Å².